The Morgan fingerprint density at radius 1 is 1.50 bits per heavy atom. The van der Waals surface area contributed by atoms with Crippen LogP contribution in [0.1, 0.15) is 0 Å². The molecule has 0 spiro atoms. The highest BCUT2D eigenvalue weighted by Gasteiger charge is 2.00. The number of aromatic hydroxyl groups is 1. The molecule has 10 heavy (non-hydrogen) atoms. The van der Waals surface area contributed by atoms with Gasteiger partial charge in [-0.2, -0.15) is 0 Å². The molecular formula is C6H7BrN2O. The van der Waals surface area contributed by atoms with Crippen molar-refractivity contribution in [2.45, 2.75) is 0 Å². The molecule has 0 aliphatic rings. The molecule has 0 bridgehead atoms. The van der Waals surface area contributed by atoms with Gasteiger partial charge >= 0.3 is 0 Å². The molecule has 0 unspecified atom stereocenters. The lowest BCUT2D eigenvalue weighted by Crippen LogP contribution is -1.90. The van der Waals surface area contributed by atoms with Crippen molar-refractivity contribution in [2.75, 3.05) is 10.1 Å². The number of nitrogens with two attached hydrogens (primary N) is 1. The summed E-state index contributed by atoms with van der Waals surface area (Å²) < 4.78 is 2.60. The zero-order valence-electron chi connectivity index (χ0n) is 5.13. The van der Waals surface area contributed by atoms with Gasteiger partial charge in [0.1, 0.15) is 11.4 Å². The highest BCUT2D eigenvalue weighted by Crippen LogP contribution is 2.29. The van der Waals surface area contributed by atoms with Crippen LogP contribution in [0.4, 0.5) is 11.4 Å². The number of phenols is 1. The third-order valence-corrected chi connectivity index (χ3v) is 1.57. The quantitative estimate of drug-likeness (QED) is 0.369. The molecule has 54 valence electrons. The Balaban J connectivity index is 3.17. The average Bonchev–Trinajstić information content (AvgIpc) is 1.88. The Hall–Kier alpha value is -0.900. The third kappa shape index (κ3) is 1.16. The Labute approximate surface area is 67.2 Å². The van der Waals surface area contributed by atoms with Crippen LogP contribution in [0.15, 0.2) is 18.2 Å². The predicted molar refractivity (Wildman–Crippen MR) is 45.1 cm³/mol. The van der Waals surface area contributed by atoms with Crippen molar-refractivity contribution in [1.29, 1.82) is 0 Å². The van der Waals surface area contributed by atoms with Crippen molar-refractivity contribution < 1.29 is 5.11 Å². The van der Waals surface area contributed by atoms with Crippen LogP contribution < -0.4 is 10.1 Å². The first-order valence-electron chi connectivity index (χ1n) is 2.70. The van der Waals surface area contributed by atoms with Gasteiger partial charge in [0.2, 0.25) is 0 Å². The molecule has 0 saturated carbocycles. The molecule has 3 nitrogen and oxygen atoms in total. The third-order valence-electron chi connectivity index (χ3n) is 1.17. The van der Waals surface area contributed by atoms with Gasteiger partial charge in [-0.3, -0.25) is 0 Å². The molecule has 0 fully saturated rings. The van der Waals surface area contributed by atoms with Gasteiger partial charge in [-0.1, -0.05) is 6.07 Å². The van der Waals surface area contributed by atoms with E-state index in [1.54, 1.807) is 18.2 Å². The zero-order valence-corrected chi connectivity index (χ0v) is 6.72. The van der Waals surface area contributed by atoms with Gasteiger partial charge in [0, 0.05) is 16.1 Å². The van der Waals surface area contributed by atoms with Crippen LogP contribution in [0.3, 0.4) is 0 Å². The second kappa shape index (κ2) is 2.79. The van der Waals surface area contributed by atoms with Gasteiger partial charge in [0.05, 0.1) is 5.69 Å². The first-order valence-corrected chi connectivity index (χ1v) is 3.49. The largest absolute Gasteiger partial charge is 0.506 e. The van der Waals surface area contributed by atoms with Gasteiger partial charge in [-0.25, -0.2) is 0 Å². The molecule has 4 heteroatoms. The number of phenolic OH excluding ortho intramolecular Hbond substituents is 1. The van der Waals surface area contributed by atoms with Gasteiger partial charge < -0.3 is 15.2 Å². The van der Waals surface area contributed by atoms with E-state index in [4.69, 9.17) is 10.8 Å². The molecular weight excluding hydrogens is 196 g/mol. The summed E-state index contributed by atoms with van der Waals surface area (Å²) in [6.45, 7) is 0. The van der Waals surface area contributed by atoms with Gasteiger partial charge in [-0.15, -0.1) is 0 Å². The van der Waals surface area contributed by atoms with Crippen molar-refractivity contribution in [2.24, 2.45) is 0 Å². The lowest BCUT2D eigenvalue weighted by Gasteiger charge is -2.03. The minimum atomic E-state index is 0.136. The summed E-state index contributed by atoms with van der Waals surface area (Å²) in [7, 11) is 0. The summed E-state index contributed by atoms with van der Waals surface area (Å²) in [5.74, 6) is 0.136. The smallest absolute Gasteiger partial charge is 0.141 e. The lowest BCUT2D eigenvalue weighted by atomic mass is 10.2. The Bertz CT molecular complexity index is 219. The fraction of sp³-hybridized carbons (Fsp3) is 0. The number of hydrogen-bond acceptors (Lipinski definition) is 3. The molecule has 0 aliphatic heterocycles. The molecule has 1 aromatic rings. The maximum absolute atomic E-state index is 9.12. The molecule has 0 aromatic heterocycles. The molecule has 0 heterocycles. The molecule has 0 aliphatic carbocycles. The van der Waals surface area contributed by atoms with Crippen molar-refractivity contribution >= 4 is 27.5 Å². The van der Waals surface area contributed by atoms with Crippen LogP contribution in [0.25, 0.3) is 0 Å². The summed E-state index contributed by atoms with van der Waals surface area (Å²) in [6.07, 6.45) is 0. The highest BCUT2D eigenvalue weighted by molar-refractivity contribution is 9.10. The summed E-state index contributed by atoms with van der Waals surface area (Å²) in [4.78, 5) is 0. The van der Waals surface area contributed by atoms with Crippen LogP contribution in [0.2, 0.25) is 0 Å². The minimum Gasteiger partial charge on any atom is -0.506 e. The van der Waals surface area contributed by atoms with Crippen molar-refractivity contribution in [1.82, 2.24) is 0 Å². The first kappa shape index (κ1) is 7.21. The van der Waals surface area contributed by atoms with Crippen LogP contribution in [0.5, 0.6) is 5.75 Å². The minimum absolute atomic E-state index is 0.136. The maximum atomic E-state index is 9.12. The van der Waals surface area contributed by atoms with Gasteiger partial charge in [0.25, 0.3) is 0 Å². The molecule has 0 amide bonds. The van der Waals surface area contributed by atoms with Gasteiger partial charge in [-0.05, 0) is 12.1 Å². The Kier molecular flexibility index (Phi) is 2.01. The number of nitrogens with one attached hydrogen (secondary N) is 1. The SMILES string of the molecule is Nc1cccc(O)c1NBr. The summed E-state index contributed by atoms with van der Waals surface area (Å²) in [5.41, 5.74) is 6.49. The lowest BCUT2D eigenvalue weighted by molar-refractivity contribution is 0.478. The van der Waals surface area contributed by atoms with Crippen LogP contribution in [-0.2, 0) is 0 Å². The van der Waals surface area contributed by atoms with Crippen molar-refractivity contribution in [3.63, 3.8) is 0 Å². The van der Waals surface area contributed by atoms with E-state index in [0.29, 0.717) is 11.4 Å². The molecule has 1 aromatic carbocycles. The van der Waals surface area contributed by atoms with E-state index in [1.807, 2.05) is 0 Å². The molecule has 1 rings (SSSR count). The van der Waals surface area contributed by atoms with E-state index in [9.17, 15) is 0 Å². The second-order valence-electron chi connectivity index (χ2n) is 1.84. The van der Waals surface area contributed by atoms with E-state index in [2.05, 4.69) is 20.5 Å². The first-order chi connectivity index (χ1) is 4.75. The summed E-state index contributed by atoms with van der Waals surface area (Å²) in [6, 6.07) is 4.93. The summed E-state index contributed by atoms with van der Waals surface area (Å²) in [5, 5.41) is 9.12. The number of nitrogen functional groups attached to an aromatic ring is 1. The van der Waals surface area contributed by atoms with Gasteiger partial charge in [0.15, 0.2) is 0 Å². The molecule has 0 radical (unpaired) electrons. The van der Waals surface area contributed by atoms with Crippen LogP contribution >= 0.6 is 16.1 Å². The Morgan fingerprint density at radius 2 is 2.20 bits per heavy atom. The zero-order chi connectivity index (χ0) is 7.56. The van der Waals surface area contributed by atoms with Crippen LogP contribution in [0, 0.1) is 0 Å². The number of halogens is 1. The molecule has 0 saturated heterocycles. The average molecular weight is 203 g/mol. The van der Waals surface area contributed by atoms with E-state index in [0.717, 1.165) is 0 Å². The normalized spacial score (nSPS) is 9.30. The molecule has 0 atom stereocenters. The predicted octanol–water partition coefficient (Wildman–Crippen LogP) is 1.70. The van der Waals surface area contributed by atoms with E-state index in [1.165, 1.54) is 0 Å². The van der Waals surface area contributed by atoms with Crippen LogP contribution in [-0.4, -0.2) is 5.11 Å². The standard InChI is InChI=1S/C6H7BrN2O/c7-9-6-4(8)2-1-3-5(6)10/h1-3,9-10H,8H2. The van der Waals surface area contributed by atoms with E-state index >= 15 is 0 Å². The Morgan fingerprint density at radius 3 is 2.60 bits per heavy atom. The fourth-order valence-corrected chi connectivity index (χ4v) is 1.09. The van der Waals surface area contributed by atoms with Crippen molar-refractivity contribution in [3.05, 3.63) is 18.2 Å². The number of rotatable bonds is 1. The second-order valence-corrected chi connectivity index (χ2v) is 2.23. The monoisotopic (exact) mass is 202 g/mol. The number of benzene rings is 1. The highest BCUT2D eigenvalue weighted by atomic mass is 79.9. The van der Waals surface area contributed by atoms with Crippen molar-refractivity contribution in [3.8, 4) is 5.75 Å². The number of hydrogen-bond donors (Lipinski definition) is 3. The summed E-state index contributed by atoms with van der Waals surface area (Å²) >= 11 is 2.97. The molecule has 4 N–H and O–H groups in total. The van der Waals surface area contributed by atoms with E-state index in [-0.39, 0.29) is 5.75 Å². The fourth-order valence-electron chi connectivity index (χ4n) is 0.660. The number of para-hydroxylation sites is 1. The van der Waals surface area contributed by atoms with E-state index < -0.39 is 0 Å². The topological polar surface area (TPSA) is 58.3 Å². The maximum Gasteiger partial charge on any atom is 0.141 e. The number of anilines is 2.